The highest BCUT2D eigenvalue weighted by Crippen LogP contribution is 2.34. The molecule has 3 rings (SSSR count). The molecule has 0 fully saturated rings. The van der Waals surface area contributed by atoms with E-state index >= 15 is 0 Å². The van der Waals surface area contributed by atoms with E-state index in [1.807, 2.05) is 18.2 Å². The number of halogens is 1. The van der Waals surface area contributed by atoms with Crippen LogP contribution in [0.2, 0.25) is 5.02 Å². The van der Waals surface area contributed by atoms with Crippen LogP contribution in [0.4, 0.5) is 0 Å². The Bertz CT molecular complexity index is 617. The van der Waals surface area contributed by atoms with Gasteiger partial charge in [0.1, 0.15) is 5.75 Å². The predicted molar refractivity (Wildman–Crippen MR) is 84.7 cm³/mol. The molecule has 2 nitrogen and oxygen atoms in total. The van der Waals surface area contributed by atoms with Crippen LogP contribution in [0.3, 0.4) is 0 Å². The van der Waals surface area contributed by atoms with E-state index in [0.29, 0.717) is 0 Å². The summed E-state index contributed by atoms with van der Waals surface area (Å²) in [5.41, 5.74) is 8.70. The average molecular weight is 306 g/mol. The van der Waals surface area contributed by atoms with Crippen molar-refractivity contribution in [3.05, 3.63) is 58.6 Å². The summed E-state index contributed by atoms with van der Waals surface area (Å²) in [6.45, 7) is 0.764. The molecule has 0 bridgehead atoms. The molecule has 1 heterocycles. The molecule has 0 spiro atoms. The van der Waals surface area contributed by atoms with Crippen molar-refractivity contribution in [1.29, 1.82) is 0 Å². The van der Waals surface area contributed by atoms with Crippen molar-refractivity contribution < 1.29 is 4.74 Å². The van der Waals surface area contributed by atoms with Crippen molar-refractivity contribution in [3.63, 3.8) is 0 Å². The van der Waals surface area contributed by atoms with Crippen molar-refractivity contribution in [1.82, 2.24) is 0 Å². The standard InChI is InChI=1S/C16H16ClNOS/c17-12-4-2-5-13(9-12)20-10-15(18)14-6-1-3-11-7-8-19-16(11)14/h1-6,9,15H,7-8,10,18H2. The van der Waals surface area contributed by atoms with Gasteiger partial charge in [-0.05, 0) is 23.8 Å². The molecule has 0 aliphatic carbocycles. The van der Waals surface area contributed by atoms with Crippen LogP contribution >= 0.6 is 23.4 Å². The number of hydrogen-bond acceptors (Lipinski definition) is 3. The van der Waals surface area contributed by atoms with Gasteiger partial charge in [0.05, 0.1) is 6.61 Å². The maximum absolute atomic E-state index is 6.32. The maximum Gasteiger partial charge on any atom is 0.127 e. The van der Waals surface area contributed by atoms with E-state index in [9.17, 15) is 0 Å². The zero-order valence-corrected chi connectivity index (χ0v) is 12.6. The van der Waals surface area contributed by atoms with Crippen LogP contribution in [0.25, 0.3) is 0 Å². The van der Waals surface area contributed by atoms with Crippen molar-refractivity contribution in [2.75, 3.05) is 12.4 Å². The monoisotopic (exact) mass is 305 g/mol. The largest absolute Gasteiger partial charge is 0.493 e. The van der Waals surface area contributed by atoms with Crippen molar-refractivity contribution in [2.24, 2.45) is 5.73 Å². The van der Waals surface area contributed by atoms with Crippen LogP contribution in [0.15, 0.2) is 47.4 Å². The van der Waals surface area contributed by atoms with Crippen LogP contribution in [-0.2, 0) is 6.42 Å². The van der Waals surface area contributed by atoms with E-state index in [4.69, 9.17) is 22.1 Å². The minimum atomic E-state index is -0.0352. The first kappa shape index (κ1) is 13.8. The molecule has 0 amide bonds. The van der Waals surface area contributed by atoms with Gasteiger partial charge in [0.25, 0.3) is 0 Å². The molecule has 20 heavy (non-hydrogen) atoms. The van der Waals surface area contributed by atoms with E-state index in [-0.39, 0.29) is 6.04 Å². The minimum Gasteiger partial charge on any atom is -0.493 e. The van der Waals surface area contributed by atoms with Crippen LogP contribution < -0.4 is 10.5 Å². The zero-order chi connectivity index (χ0) is 13.9. The summed E-state index contributed by atoms with van der Waals surface area (Å²) in [7, 11) is 0. The van der Waals surface area contributed by atoms with Crippen LogP contribution in [0, 0.1) is 0 Å². The Morgan fingerprint density at radius 3 is 2.95 bits per heavy atom. The fraction of sp³-hybridized carbons (Fsp3) is 0.250. The first-order valence-corrected chi connectivity index (χ1v) is 7.99. The first-order valence-electron chi connectivity index (χ1n) is 6.62. The fourth-order valence-corrected chi connectivity index (χ4v) is 3.56. The Labute approximate surface area is 128 Å². The summed E-state index contributed by atoms with van der Waals surface area (Å²) >= 11 is 7.71. The Morgan fingerprint density at radius 2 is 2.10 bits per heavy atom. The smallest absolute Gasteiger partial charge is 0.127 e. The molecule has 1 unspecified atom stereocenters. The number of rotatable bonds is 4. The summed E-state index contributed by atoms with van der Waals surface area (Å²) < 4.78 is 5.71. The summed E-state index contributed by atoms with van der Waals surface area (Å²) in [6, 6.07) is 14.1. The van der Waals surface area contributed by atoms with E-state index in [2.05, 4.69) is 24.3 Å². The number of thioether (sulfide) groups is 1. The van der Waals surface area contributed by atoms with E-state index < -0.39 is 0 Å². The third-order valence-corrected chi connectivity index (χ3v) is 4.72. The van der Waals surface area contributed by atoms with Gasteiger partial charge in [-0.1, -0.05) is 35.9 Å². The minimum absolute atomic E-state index is 0.0352. The lowest BCUT2D eigenvalue weighted by molar-refractivity contribution is 0.352. The lowest BCUT2D eigenvalue weighted by Crippen LogP contribution is -2.14. The van der Waals surface area contributed by atoms with Gasteiger partial charge in [0.2, 0.25) is 0 Å². The molecule has 4 heteroatoms. The number of nitrogens with two attached hydrogens (primary N) is 1. The molecule has 104 valence electrons. The highest BCUT2D eigenvalue weighted by molar-refractivity contribution is 7.99. The Kier molecular flexibility index (Phi) is 4.20. The number of para-hydroxylation sites is 1. The number of hydrogen-bond donors (Lipinski definition) is 1. The molecular formula is C16H16ClNOS. The van der Waals surface area contributed by atoms with E-state index in [1.54, 1.807) is 11.8 Å². The molecule has 0 radical (unpaired) electrons. The van der Waals surface area contributed by atoms with Gasteiger partial charge in [0.15, 0.2) is 0 Å². The lowest BCUT2D eigenvalue weighted by Gasteiger charge is -2.15. The number of fused-ring (bicyclic) bond motifs is 1. The molecule has 2 aromatic carbocycles. The molecule has 1 atom stereocenters. The summed E-state index contributed by atoms with van der Waals surface area (Å²) in [4.78, 5) is 1.14. The van der Waals surface area contributed by atoms with Gasteiger partial charge in [0, 0.05) is 33.7 Å². The van der Waals surface area contributed by atoms with Gasteiger partial charge < -0.3 is 10.5 Å². The molecule has 2 aromatic rings. The Morgan fingerprint density at radius 1 is 1.25 bits per heavy atom. The van der Waals surface area contributed by atoms with Gasteiger partial charge in [-0.25, -0.2) is 0 Å². The van der Waals surface area contributed by atoms with E-state index in [1.165, 1.54) is 5.56 Å². The van der Waals surface area contributed by atoms with Crippen molar-refractivity contribution in [3.8, 4) is 5.75 Å². The van der Waals surface area contributed by atoms with E-state index in [0.717, 1.165) is 40.0 Å². The maximum atomic E-state index is 6.32. The molecule has 0 saturated heterocycles. The number of benzene rings is 2. The third-order valence-electron chi connectivity index (χ3n) is 3.37. The second kappa shape index (κ2) is 6.08. The van der Waals surface area contributed by atoms with Gasteiger partial charge in [-0.15, -0.1) is 11.8 Å². The second-order valence-electron chi connectivity index (χ2n) is 4.81. The van der Waals surface area contributed by atoms with Crippen molar-refractivity contribution in [2.45, 2.75) is 17.4 Å². The molecule has 1 aliphatic rings. The van der Waals surface area contributed by atoms with Crippen LogP contribution in [-0.4, -0.2) is 12.4 Å². The van der Waals surface area contributed by atoms with Gasteiger partial charge >= 0.3 is 0 Å². The van der Waals surface area contributed by atoms with Gasteiger partial charge in [-0.3, -0.25) is 0 Å². The molecule has 0 aromatic heterocycles. The molecule has 1 aliphatic heterocycles. The van der Waals surface area contributed by atoms with Gasteiger partial charge in [-0.2, -0.15) is 0 Å². The third kappa shape index (κ3) is 2.95. The van der Waals surface area contributed by atoms with Crippen LogP contribution in [0.5, 0.6) is 5.75 Å². The first-order chi connectivity index (χ1) is 9.74. The molecule has 0 saturated carbocycles. The summed E-state index contributed by atoms with van der Waals surface area (Å²) in [5, 5.41) is 0.757. The number of ether oxygens (including phenoxy) is 1. The summed E-state index contributed by atoms with van der Waals surface area (Å²) in [6.07, 6.45) is 0.983. The fourth-order valence-electron chi connectivity index (χ4n) is 2.37. The predicted octanol–water partition coefficient (Wildman–Crippen LogP) is 4.07. The summed E-state index contributed by atoms with van der Waals surface area (Å²) in [5.74, 6) is 1.80. The zero-order valence-electron chi connectivity index (χ0n) is 11.0. The average Bonchev–Trinajstić information content (AvgIpc) is 2.93. The SMILES string of the molecule is NC(CSc1cccc(Cl)c1)c1cccc2c1OCC2. The topological polar surface area (TPSA) is 35.2 Å². The molecular weight excluding hydrogens is 290 g/mol. The normalized spacial score (nSPS) is 14.7. The Hall–Kier alpha value is -1.16. The highest BCUT2D eigenvalue weighted by atomic mass is 35.5. The second-order valence-corrected chi connectivity index (χ2v) is 6.34. The molecule has 2 N–H and O–H groups in total. The quantitative estimate of drug-likeness (QED) is 0.865. The van der Waals surface area contributed by atoms with Crippen LogP contribution in [0.1, 0.15) is 17.2 Å². The van der Waals surface area contributed by atoms with Crippen molar-refractivity contribution >= 4 is 23.4 Å². The lowest BCUT2D eigenvalue weighted by atomic mass is 10.0. The Balaban J connectivity index is 1.71. The highest BCUT2D eigenvalue weighted by Gasteiger charge is 2.19.